The van der Waals surface area contributed by atoms with Crippen LogP contribution in [0, 0.1) is 17.8 Å². The molecule has 2 heteroatoms. The van der Waals surface area contributed by atoms with Crippen LogP contribution in [0.2, 0.25) is 0 Å². The molecule has 0 bridgehead atoms. The van der Waals surface area contributed by atoms with Crippen molar-refractivity contribution in [3.05, 3.63) is 35.4 Å². The minimum atomic E-state index is 0.454. The average Bonchev–Trinajstić information content (AvgIpc) is 2.44. The number of hydrogen-bond acceptors (Lipinski definition) is 2. The second-order valence-corrected chi connectivity index (χ2v) is 8.37. The third-order valence-corrected chi connectivity index (χ3v) is 7.03. The highest BCUT2D eigenvalue weighted by Crippen LogP contribution is 2.58. The van der Waals surface area contributed by atoms with E-state index in [2.05, 4.69) is 62.1 Å². The van der Waals surface area contributed by atoms with Crippen molar-refractivity contribution >= 4 is 11.8 Å². The lowest BCUT2D eigenvalue weighted by molar-refractivity contribution is 0.0255. The number of piperidine rings is 1. The Morgan fingerprint density at radius 2 is 1.90 bits per heavy atom. The zero-order valence-electron chi connectivity index (χ0n) is 13.0. The zero-order chi connectivity index (χ0) is 14.2. The zero-order valence-corrected chi connectivity index (χ0v) is 13.9. The maximum absolute atomic E-state index is 3.65. The summed E-state index contributed by atoms with van der Waals surface area (Å²) >= 11 is 2.18. The SMILES string of the molecule is Cc1ccc(C2CNCCC23CSCCC3(C)C)cc1. The molecule has 0 amide bonds. The third-order valence-electron chi connectivity index (χ3n) is 5.82. The van der Waals surface area contributed by atoms with E-state index >= 15 is 0 Å². The summed E-state index contributed by atoms with van der Waals surface area (Å²) in [5, 5.41) is 3.65. The fraction of sp³-hybridized carbons (Fsp3) is 0.667. The van der Waals surface area contributed by atoms with Crippen molar-refractivity contribution in [1.82, 2.24) is 5.32 Å². The van der Waals surface area contributed by atoms with Crippen LogP contribution < -0.4 is 5.32 Å². The molecule has 1 aromatic carbocycles. The van der Waals surface area contributed by atoms with Crippen molar-refractivity contribution in [2.24, 2.45) is 10.8 Å². The predicted octanol–water partition coefficient (Wildman–Crippen LogP) is 4.22. The monoisotopic (exact) mass is 289 g/mol. The second-order valence-electron chi connectivity index (χ2n) is 7.26. The molecule has 20 heavy (non-hydrogen) atoms. The Labute approximate surface area is 127 Å². The van der Waals surface area contributed by atoms with Gasteiger partial charge in [0.1, 0.15) is 0 Å². The Hall–Kier alpha value is -0.470. The Kier molecular flexibility index (Phi) is 3.89. The molecule has 3 rings (SSSR count). The van der Waals surface area contributed by atoms with Gasteiger partial charge in [-0.05, 0) is 48.5 Å². The molecule has 0 aliphatic carbocycles. The highest BCUT2D eigenvalue weighted by molar-refractivity contribution is 7.99. The summed E-state index contributed by atoms with van der Waals surface area (Å²) in [6.45, 7) is 9.54. The molecule has 1 nitrogen and oxygen atoms in total. The molecule has 1 N–H and O–H groups in total. The maximum Gasteiger partial charge on any atom is 0.00334 e. The highest BCUT2D eigenvalue weighted by atomic mass is 32.2. The summed E-state index contributed by atoms with van der Waals surface area (Å²) in [6.07, 6.45) is 2.69. The normalized spacial score (nSPS) is 33.2. The van der Waals surface area contributed by atoms with E-state index in [1.165, 1.54) is 36.5 Å². The molecule has 0 saturated carbocycles. The summed E-state index contributed by atoms with van der Waals surface area (Å²) in [6, 6.07) is 9.29. The number of benzene rings is 1. The van der Waals surface area contributed by atoms with Gasteiger partial charge in [-0.25, -0.2) is 0 Å². The van der Waals surface area contributed by atoms with Crippen LogP contribution in [0.4, 0.5) is 0 Å². The first-order valence-electron chi connectivity index (χ1n) is 7.90. The maximum atomic E-state index is 3.65. The van der Waals surface area contributed by atoms with Gasteiger partial charge in [-0.2, -0.15) is 11.8 Å². The van der Waals surface area contributed by atoms with E-state index < -0.39 is 0 Å². The summed E-state index contributed by atoms with van der Waals surface area (Å²) in [7, 11) is 0. The minimum absolute atomic E-state index is 0.454. The van der Waals surface area contributed by atoms with E-state index in [9.17, 15) is 0 Å². The number of thioether (sulfide) groups is 1. The van der Waals surface area contributed by atoms with Gasteiger partial charge in [0.25, 0.3) is 0 Å². The summed E-state index contributed by atoms with van der Waals surface area (Å²) in [4.78, 5) is 0. The summed E-state index contributed by atoms with van der Waals surface area (Å²) < 4.78 is 0. The smallest absolute Gasteiger partial charge is 0.00334 e. The number of hydrogen-bond donors (Lipinski definition) is 1. The van der Waals surface area contributed by atoms with Crippen LogP contribution in [0.1, 0.15) is 43.7 Å². The Balaban J connectivity index is 2.00. The first-order chi connectivity index (χ1) is 9.55. The van der Waals surface area contributed by atoms with Crippen molar-refractivity contribution in [3.8, 4) is 0 Å². The molecule has 0 radical (unpaired) electrons. The Bertz CT molecular complexity index is 459. The molecule has 2 unspecified atom stereocenters. The van der Waals surface area contributed by atoms with Gasteiger partial charge >= 0.3 is 0 Å². The molecule has 0 aromatic heterocycles. The molecule has 2 fully saturated rings. The third kappa shape index (κ3) is 2.31. The van der Waals surface area contributed by atoms with Gasteiger partial charge in [-0.15, -0.1) is 0 Å². The van der Waals surface area contributed by atoms with Crippen molar-refractivity contribution < 1.29 is 0 Å². The Morgan fingerprint density at radius 3 is 2.60 bits per heavy atom. The first kappa shape index (κ1) is 14.5. The van der Waals surface area contributed by atoms with Gasteiger partial charge in [0.05, 0.1) is 0 Å². The van der Waals surface area contributed by atoms with Crippen LogP contribution in [-0.2, 0) is 0 Å². The number of nitrogens with one attached hydrogen (secondary N) is 1. The van der Waals surface area contributed by atoms with Crippen LogP contribution in [0.5, 0.6) is 0 Å². The molecule has 1 aromatic rings. The Morgan fingerprint density at radius 1 is 1.15 bits per heavy atom. The lowest BCUT2D eigenvalue weighted by atomic mass is 9.54. The van der Waals surface area contributed by atoms with Crippen LogP contribution >= 0.6 is 11.8 Å². The number of aryl methyl sites for hydroxylation is 1. The highest BCUT2D eigenvalue weighted by Gasteiger charge is 2.52. The van der Waals surface area contributed by atoms with E-state index in [4.69, 9.17) is 0 Å². The quantitative estimate of drug-likeness (QED) is 0.830. The van der Waals surface area contributed by atoms with Crippen molar-refractivity contribution in [2.75, 3.05) is 24.6 Å². The fourth-order valence-corrected chi connectivity index (χ4v) is 6.07. The molecule has 2 aliphatic rings. The van der Waals surface area contributed by atoms with Crippen molar-refractivity contribution in [1.29, 1.82) is 0 Å². The molecule has 2 aliphatic heterocycles. The topological polar surface area (TPSA) is 12.0 Å². The lowest BCUT2D eigenvalue weighted by Gasteiger charge is -2.57. The molecule has 110 valence electrons. The van der Waals surface area contributed by atoms with E-state index in [0.29, 0.717) is 16.7 Å². The average molecular weight is 289 g/mol. The van der Waals surface area contributed by atoms with Crippen LogP contribution in [0.3, 0.4) is 0 Å². The number of rotatable bonds is 1. The molecule has 2 saturated heterocycles. The van der Waals surface area contributed by atoms with Crippen LogP contribution in [0.15, 0.2) is 24.3 Å². The van der Waals surface area contributed by atoms with Gasteiger partial charge in [0.15, 0.2) is 0 Å². The van der Waals surface area contributed by atoms with E-state index in [1.54, 1.807) is 5.56 Å². The van der Waals surface area contributed by atoms with Gasteiger partial charge in [0, 0.05) is 18.2 Å². The van der Waals surface area contributed by atoms with Crippen molar-refractivity contribution in [2.45, 2.75) is 39.5 Å². The summed E-state index contributed by atoms with van der Waals surface area (Å²) in [5.41, 5.74) is 3.83. The van der Waals surface area contributed by atoms with Crippen LogP contribution in [-0.4, -0.2) is 24.6 Å². The molecular weight excluding hydrogens is 262 g/mol. The van der Waals surface area contributed by atoms with Crippen molar-refractivity contribution in [3.63, 3.8) is 0 Å². The minimum Gasteiger partial charge on any atom is -0.316 e. The van der Waals surface area contributed by atoms with E-state index in [1.807, 2.05) is 0 Å². The van der Waals surface area contributed by atoms with Gasteiger partial charge < -0.3 is 5.32 Å². The predicted molar refractivity (Wildman–Crippen MR) is 89.6 cm³/mol. The molecule has 2 atom stereocenters. The molecule has 2 heterocycles. The van der Waals surface area contributed by atoms with E-state index in [-0.39, 0.29) is 0 Å². The van der Waals surface area contributed by atoms with Gasteiger partial charge in [-0.1, -0.05) is 43.7 Å². The fourth-order valence-electron chi connectivity index (χ4n) is 4.17. The van der Waals surface area contributed by atoms with E-state index in [0.717, 1.165) is 6.54 Å². The molecular formula is C18H27NS. The van der Waals surface area contributed by atoms with Gasteiger partial charge in [0.2, 0.25) is 0 Å². The van der Waals surface area contributed by atoms with Gasteiger partial charge in [-0.3, -0.25) is 0 Å². The molecule has 1 spiro atoms. The largest absolute Gasteiger partial charge is 0.316 e. The lowest BCUT2D eigenvalue weighted by Crippen LogP contribution is -2.54. The standard InChI is InChI=1S/C18H27NS/c1-14-4-6-15(7-5-14)16-12-19-10-8-18(16)13-20-11-9-17(18,2)3/h4-7,16,19H,8-13H2,1-3H3. The van der Waals surface area contributed by atoms with Crippen LogP contribution in [0.25, 0.3) is 0 Å². The summed E-state index contributed by atoms with van der Waals surface area (Å²) in [5.74, 6) is 3.34. The second kappa shape index (κ2) is 5.38. The first-order valence-corrected chi connectivity index (χ1v) is 9.06.